The van der Waals surface area contributed by atoms with E-state index >= 15 is 0 Å². The maximum absolute atomic E-state index is 13.0. The second-order valence-electron chi connectivity index (χ2n) is 3.33. The largest absolute Gasteiger partial charge is 0.381 e. The molecule has 1 aromatic carbocycles. The number of rotatable bonds is 3. The zero-order valence-corrected chi connectivity index (χ0v) is 9.03. The van der Waals surface area contributed by atoms with Gasteiger partial charge in [-0.25, -0.2) is 4.39 Å². The van der Waals surface area contributed by atoms with Gasteiger partial charge in [0, 0.05) is 17.8 Å². The summed E-state index contributed by atoms with van der Waals surface area (Å²) in [4.78, 5) is 0. The molecule has 0 saturated heterocycles. The summed E-state index contributed by atoms with van der Waals surface area (Å²) in [6.45, 7) is 4.40. The molecular weight excluding hydrogens is 201 g/mol. The van der Waals surface area contributed by atoms with Gasteiger partial charge in [0.1, 0.15) is 5.82 Å². The molecule has 0 unspecified atom stereocenters. The van der Waals surface area contributed by atoms with Crippen molar-refractivity contribution in [3.63, 3.8) is 0 Å². The van der Waals surface area contributed by atoms with Crippen molar-refractivity contribution < 1.29 is 4.39 Å². The Labute approximate surface area is 88.6 Å². The normalized spacial score (nSPS) is 11.6. The molecule has 0 aliphatic heterocycles. The molecule has 0 radical (unpaired) electrons. The highest BCUT2D eigenvalue weighted by molar-refractivity contribution is 6.25. The summed E-state index contributed by atoms with van der Waals surface area (Å²) in [5, 5.41) is 3.08. The van der Waals surface area contributed by atoms with Crippen molar-refractivity contribution in [1.82, 2.24) is 0 Å². The average molecular weight is 214 g/mol. The summed E-state index contributed by atoms with van der Waals surface area (Å²) in [5.41, 5.74) is 4.20. The predicted molar refractivity (Wildman–Crippen MR) is 59.2 cm³/mol. The van der Waals surface area contributed by atoms with Gasteiger partial charge in [-0.1, -0.05) is 11.6 Å². The molecule has 0 aromatic heterocycles. The summed E-state index contributed by atoms with van der Waals surface area (Å²) in [7, 11) is 0. The van der Waals surface area contributed by atoms with E-state index in [-0.39, 0.29) is 5.82 Å². The molecule has 3 heteroatoms. The lowest BCUT2D eigenvalue weighted by Gasteiger charge is -2.07. The Hall–Kier alpha value is -1.02. The van der Waals surface area contributed by atoms with E-state index in [4.69, 9.17) is 11.6 Å². The Morgan fingerprint density at radius 2 is 2.21 bits per heavy atom. The number of aryl methyl sites for hydroxylation is 1. The van der Waals surface area contributed by atoms with Crippen LogP contribution in [0.5, 0.6) is 0 Å². The van der Waals surface area contributed by atoms with Gasteiger partial charge in [-0.2, -0.15) is 0 Å². The Morgan fingerprint density at radius 3 is 2.79 bits per heavy atom. The van der Waals surface area contributed by atoms with Crippen LogP contribution in [-0.4, -0.2) is 6.54 Å². The Morgan fingerprint density at radius 1 is 1.50 bits per heavy atom. The molecule has 0 aliphatic carbocycles. The van der Waals surface area contributed by atoms with Gasteiger partial charge in [-0.3, -0.25) is 0 Å². The van der Waals surface area contributed by atoms with Crippen LogP contribution in [0.25, 0.3) is 0 Å². The van der Waals surface area contributed by atoms with Crippen molar-refractivity contribution in [2.75, 3.05) is 11.9 Å². The van der Waals surface area contributed by atoms with Crippen LogP contribution in [0.1, 0.15) is 12.5 Å². The van der Waals surface area contributed by atoms with Gasteiger partial charge < -0.3 is 5.32 Å². The third kappa shape index (κ3) is 3.38. The molecule has 1 N–H and O–H groups in total. The molecule has 0 bridgehead atoms. The Kier molecular flexibility index (Phi) is 3.96. The lowest BCUT2D eigenvalue weighted by atomic mass is 10.2. The van der Waals surface area contributed by atoms with Gasteiger partial charge in [-0.05, 0) is 43.2 Å². The highest BCUT2D eigenvalue weighted by atomic mass is 35.5. The van der Waals surface area contributed by atoms with E-state index in [0.717, 1.165) is 16.8 Å². The van der Waals surface area contributed by atoms with Crippen LogP contribution < -0.4 is 5.32 Å². The molecular formula is C11H13ClFN. The van der Waals surface area contributed by atoms with Crippen molar-refractivity contribution >= 4 is 17.3 Å². The van der Waals surface area contributed by atoms with Gasteiger partial charge >= 0.3 is 0 Å². The molecule has 0 atom stereocenters. The molecule has 76 valence electrons. The first-order valence-electron chi connectivity index (χ1n) is 4.39. The molecule has 1 nitrogen and oxygen atoms in total. The van der Waals surface area contributed by atoms with Crippen molar-refractivity contribution in [2.24, 2.45) is 0 Å². The molecule has 14 heavy (non-hydrogen) atoms. The zero-order valence-electron chi connectivity index (χ0n) is 8.27. The van der Waals surface area contributed by atoms with Crippen LogP contribution in [0.3, 0.4) is 0 Å². The van der Waals surface area contributed by atoms with Crippen LogP contribution in [0.15, 0.2) is 29.3 Å². The van der Waals surface area contributed by atoms with E-state index in [9.17, 15) is 4.39 Å². The van der Waals surface area contributed by atoms with Gasteiger partial charge in [0.15, 0.2) is 0 Å². The van der Waals surface area contributed by atoms with E-state index in [0.29, 0.717) is 6.54 Å². The first-order chi connectivity index (χ1) is 6.61. The Bertz CT molecular complexity index is 327. The summed E-state index contributed by atoms with van der Waals surface area (Å²) in [6.07, 6.45) is 0. The fourth-order valence-corrected chi connectivity index (χ4v) is 1.20. The van der Waals surface area contributed by atoms with Gasteiger partial charge in [0.05, 0.1) is 0 Å². The third-order valence-electron chi connectivity index (χ3n) is 1.80. The molecule has 0 amide bonds. The molecule has 1 rings (SSSR count). The van der Waals surface area contributed by atoms with E-state index in [1.165, 1.54) is 17.7 Å². The van der Waals surface area contributed by atoms with Gasteiger partial charge in [0.25, 0.3) is 0 Å². The lowest BCUT2D eigenvalue weighted by Crippen LogP contribution is -2.02. The second-order valence-corrected chi connectivity index (χ2v) is 3.54. The van der Waals surface area contributed by atoms with Crippen LogP contribution >= 0.6 is 11.6 Å². The topological polar surface area (TPSA) is 12.0 Å². The number of hydrogen-bond donors (Lipinski definition) is 1. The van der Waals surface area contributed by atoms with Gasteiger partial charge in [-0.15, -0.1) is 0 Å². The predicted octanol–water partition coefficient (Wildman–Crippen LogP) is 3.69. The monoisotopic (exact) mass is 213 g/mol. The smallest absolute Gasteiger partial charge is 0.125 e. The molecule has 0 heterocycles. The highest BCUT2D eigenvalue weighted by Crippen LogP contribution is 2.13. The van der Waals surface area contributed by atoms with Crippen molar-refractivity contribution in [1.29, 1.82) is 0 Å². The fraction of sp³-hybridized carbons (Fsp3) is 0.273. The number of hydrogen-bond acceptors (Lipinski definition) is 1. The van der Waals surface area contributed by atoms with Gasteiger partial charge in [0.2, 0.25) is 0 Å². The van der Waals surface area contributed by atoms with Crippen molar-refractivity contribution in [3.8, 4) is 0 Å². The van der Waals surface area contributed by atoms with Crippen LogP contribution in [0.2, 0.25) is 0 Å². The maximum atomic E-state index is 13.0. The first kappa shape index (κ1) is 11.1. The Balaban J connectivity index is 2.67. The standard InChI is InChI=1S/C11H13ClFN/c1-8-3-10(13)5-11(4-8)14-7-9(2)6-12/h3-6,14H,7H2,1-2H3/b9-6-. The van der Waals surface area contributed by atoms with E-state index < -0.39 is 0 Å². The van der Waals surface area contributed by atoms with E-state index in [2.05, 4.69) is 5.32 Å². The number of benzene rings is 1. The lowest BCUT2D eigenvalue weighted by molar-refractivity contribution is 0.627. The zero-order chi connectivity index (χ0) is 10.6. The number of nitrogens with one attached hydrogen (secondary N) is 1. The van der Waals surface area contributed by atoms with Crippen LogP contribution in [0.4, 0.5) is 10.1 Å². The second kappa shape index (κ2) is 5.01. The molecule has 0 aliphatic rings. The number of halogens is 2. The van der Waals surface area contributed by atoms with Crippen molar-refractivity contribution in [2.45, 2.75) is 13.8 Å². The SMILES string of the molecule is C/C(=C/Cl)CNc1cc(C)cc(F)c1. The summed E-state index contributed by atoms with van der Waals surface area (Å²) in [5.74, 6) is -0.222. The van der Waals surface area contributed by atoms with E-state index in [1.54, 1.807) is 0 Å². The third-order valence-corrected chi connectivity index (χ3v) is 2.17. The molecule has 0 fully saturated rings. The van der Waals surface area contributed by atoms with Crippen LogP contribution in [0, 0.1) is 12.7 Å². The minimum atomic E-state index is -0.222. The minimum absolute atomic E-state index is 0.222. The number of anilines is 1. The highest BCUT2D eigenvalue weighted by Gasteiger charge is 1.97. The fourth-order valence-electron chi connectivity index (χ4n) is 1.12. The van der Waals surface area contributed by atoms with Crippen LogP contribution in [-0.2, 0) is 0 Å². The first-order valence-corrected chi connectivity index (χ1v) is 4.82. The summed E-state index contributed by atoms with van der Waals surface area (Å²) >= 11 is 5.50. The summed E-state index contributed by atoms with van der Waals surface area (Å²) < 4.78 is 13.0. The molecule has 0 spiro atoms. The minimum Gasteiger partial charge on any atom is -0.381 e. The average Bonchev–Trinajstić information content (AvgIpc) is 2.12. The van der Waals surface area contributed by atoms with Crippen molar-refractivity contribution in [3.05, 3.63) is 40.7 Å². The van der Waals surface area contributed by atoms with E-state index in [1.807, 2.05) is 19.9 Å². The maximum Gasteiger partial charge on any atom is 0.125 e. The molecule has 1 aromatic rings. The summed E-state index contributed by atoms with van der Waals surface area (Å²) in [6, 6.07) is 4.86. The molecule has 0 saturated carbocycles. The quantitative estimate of drug-likeness (QED) is 0.808.